The molecule has 1 aromatic heterocycles. The third-order valence-electron chi connectivity index (χ3n) is 4.09. The zero-order valence-electron chi connectivity index (χ0n) is 13.9. The van der Waals surface area contributed by atoms with Gasteiger partial charge in [-0.15, -0.1) is 0 Å². The lowest BCUT2D eigenvalue weighted by atomic mass is 10.1. The molecule has 0 spiro atoms. The summed E-state index contributed by atoms with van der Waals surface area (Å²) >= 11 is 0. The Morgan fingerprint density at radius 2 is 2.17 bits per heavy atom. The summed E-state index contributed by atoms with van der Waals surface area (Å²) in [5, 5.41) is 6.88. The highest BCUT2D eigenvalue weighted by Gasteiger charge is 2.36. The zero-order valence-corrected chi connectivity index (χ0v) is 13.9. The molecular formula is C17H20N4O3. The van der Waals surface area contributed by atoms with Crippen LogP contribution in [0.15, 0.2) is 30.5 Å². The van der Waals surface area contributed by atoms with Crippen molar-refractivity contribution in [1.82, 2.24) is 9.78 Å². The SMILES string of the molecule is COc1ccc(C)cc1N1C[C@H](C(=O)Nc2ccn(C)n2)CC1=O. The maximum absolute atomic E-state index is 12.4. The van der Waals surface area contributed by atoms with Crippen molar-refractivity contribution in [3.8, 4) is 5.75 Å². The van der Waals surface area contributed by atoms with Crippen LogP contribution in [0.5, 0.6) is 5.75 Å². The molecule has 2 amide bonds. The Hall–Kier alpha value is -2.83. The van der Waals surface area contributed by atoms with Crippen LogP contribution in [0.4, 0.5) is 11.5 Å². The van der Waals surface area contributed by atoms with Crippen LogP contribution >= 0.6 is 0 Å². The molecule has 3 rings (SSSR count). The highest BCUT2D eigenvalue weighted by atomic mass is 16.5. The number of benzene rings is 1. The number of nitrogens with zero attached hydrogens (tertiary/aromatic N) is 3. The molecule has 1 atom stereocenters. The number of carbonyl (C=O) groups is 2. The standard InChI is InChI=1S/C17H20N4O3/c1-11-4-5-14(24-3)13(8-11)21-10-12(9-16(21)22)17(23)18-15-6-7-20(2)19-15/h4-8,12H,9-10H2,1-3H3,(H,18,19,23)/t12-/m1/s1. The molecule has 24 heavy (non-hydrogen) atoms. The van der Waals surface area contributed by atoms with Crippen molar-refractivity contribution in [2.75, 3.05) is 23.9 Å². The molecule has 2 heterocycles. The first-order valence-electron chi connectivity index (χ1n) is 7.73. The fraction of sp³-hybridized carbons (Fsp3) is 0.353. The van der Waals surface area contributed by atoms with Crippen molar-refractivity contribution in [3.63, 3.8) is 0 Å². The van der Waals surface area contributed by atoms with Gasteiger partial charge in [0.15, 0.2) is 5.82 Å². The molecule has 2 aromatic rings. The van der Waals surface area contributed by atoms with E-state index in [0.29, 0.717) is 23.8 Å². The van der Waals surface area contributed by atoms with Crippen LogP contribution in [0, 0.1) is 12.8 Å². The molecule has 1 fully saturated rings. The summed E-state index contributed by atoms with van der Waals surface area (Å²) in [5.41, 5.74) is 1.73. The Labute approximate surface area is 140 Å². The summed E-state index contributed by atoms with van der Waals surface area (Å²) in [4.78, 5) is 26.4. The first-order chi connectivity index (χ1) is 11.5. The van der Waals surface area contributed by atoms with Crippen molar-refractivity contribution in [2.45, 2.75) is 13.3 Å². The Morgan fingerprint density at radius 1 is 1.38 bits per heavy atom. The summed E-state index contributed by atoms with van der Waals surface area (Å²) in [7, 11) is 3.35. The van der Waals surface area contributed by atoms with Gasteiger partial charge in [0.05, 0.1) is 18.7 Å². The number of methoxy groups -OCH3 is 1. The first kappa shape index (κ1) is 16.0. The number of carbonyl (C=O) groups excluding carboxylic acids is 2. The van der Waals surface area contributed by atoms with E-state index in [4.69, 9.17) is 4.74 Å². The fourth-order valence-corrected chi connectivity index (χ4v) is 2.84. The predicted molar refractivity (Wildman–Crippen MR) is 90.0 cm³/mol. The normalized spacial score (nSPS) is 17.2. The predicted octanol–water partition coefficient (Wildman–Crippen LogP) is 1.73. The summed E-state index contributed by atoms with van der Waals surface area (Å²) in [5.74, 6) is 0.419. The van der Waals surface area contributed by atoms with E-state index in [1.807, 2.05) is 25.1 Å². The van der Waals surface area contributed by atoms with E-state index in [2.05, 4.69) is 10.4 Å². The second-order valence-corrected chi connectivity index (χ2v) is 5.94. The van der Waals surface area contributed by atoms with E-state index in [1.54, 1.807) is 36.0 Å². The number of anilines is 2. The lowest BCUT2D eigenvalue weighted by Crippen LogP contribution is -2.28. The lowest BCUT2D eigenvalue weighted by Gasteiger charge is -2.20. The van der Waals surface area contributed by atoms with Gasteiger partial charge in [0.2, 0.25) is 11.8 Å². The quantitative estimate of drug-likeness (QED) is 0.927. The number of aromatic nitrogens is 2. The van der Waals surface area contributed by atoms with Gasteiger partial charge in [-0.2, -0.15) is 5.10 Å². The third kappa shape index (κ3) is 3.10. The summed E-state index contributed by atoms with van der Waals surface area (Å²) in [6, 6.07) is 7.37. The van der Waals surface area contributed by atoms with Crippen LogP contribution in [0.25, 0.3) is 0 Å². The molecule has 0 aliphatic carbocycles. The maximum Gasteiger partial charge on any atom is 0.231 e. The van der Waals surface area contributed by atoms with Gasteiger partial charge in [0.25, 0.3) is 0 Å². The second-order valence-electron chi connectivity index (χ2n) is 5.94. The summed E-state index contributed by atoms with van der Waals surface area (Å²) in [6.07, 6.45) is 1.93. The molecular weight excluding hydrogens is 308 g/mol. The molecule has 0 saturated carbocycles. The van der Waals surface area contributed by atoms with Gasteiger partial charge in [-0.25, -0.2) is 0 Å². The molecule has 7 heteroatoms. The van der Waals surface area contributed by atoms with Crippen LogP contribution in [0.2, 0.25) is 0 Å². The van der Waals surface area contributed by atoms with Crippen LogP contribution in [0.1, 0.15) is 12.0 Å². The Balaban J connectivity index is 1.76. The average molecular weight is 328 g/mol. The van der Waals surface area contributed by atoms with E-state index in [1.165, 1.54) is 0 Å². The van der Waals surface area contributed by atoms with Crippen molar-refractivity contribution in [1.29, 1.82) is 0 Å². The molecule has 1 aromatic carbocycles. The van der Waals surface area contributed by atoms with Gasteiger partial charge in [-0.1, -0.05) is 6.07 Å². The number of hydrogen-bond donors (Lipinski definition) is 1. The summed E-state index contributed by atoms with van der Waals surface area (Å²) in [6.45, 7) is 2.28. The van der Waals surface area contributed by atoms with Crippen molar-refractivity contribution >= 4 is 23.3 Å². The zero-order chi connectivity index (χ0) is 17.3. The maximum atomic E-state index is 12.4. The van der Waals surface area contributed by atoms with Gasteiger partial charge < -0.3 is 15.0 Å². The van der Waals surface area contributed by atoms with Crippen LogP contribution < -0.4 is 15.0 Å². The van der Waals surface area contributed by atoms with Crippen LogP contribution in [-0.4, -0.2) is 35.2 Å². The van der Waals surface area contributed by atoms with E-state index < -0.39 is 5.92 Å². The monoisotopic (exact) mass is 328 g/mol. The minimum Gasteiger partial charge on any atom is -0.495 e. The highest BCUT2D eigenvalue weighted by molar-refractivity contribution is 6.04. The molecule has 1 aliphatic heterocycles. The molecule has 1 aliphatic rings. The number of amides is 2. The molecule has 1 saturated heterocycles. The van der Waals surface area contributed by atoms with Crippen LogP contribution in [0.3, 0.4) is 0 Å². The number of rotatable bonds is 4. The number of hydrogen-bond acceptors (Lipinski definition) is 4. The van der Waals surface area contributed by atoms with E-state index >= 15 is 0 Å². The van der Waals surface area contributed by atoms with Gasteiger partial charge in [0.1, 0.15) is 5.75 Å². The Kier molecular flexibility index (Phi) is 4.24. The summed E-state index contributed by atoms with van der Waals surface area (Å²) < 4.78 is 6.96. The topological polar surface area (TPSA) is 76.5 Å². The van der Waals surface area contributed by atoms with Crippen molar-refractivity contribution in [3.05, 3.63) is 36.0 Å². The van der Waals surface area contributed by atoms with E-state index in [0.717, 1.165) is 5.56 Å². The molecule has 1 N–H and O–H groups in total. The largest absolute Gasteiger partial charge is 0.495 e. The van der Waals surface area contributed by atoms with Crippen LogP contribution in [-0.2, 0) is 16.6 Å². The third-order valence-corrected chi connectivity index (χ3v) is 4.09. The van der Waals surface area contributed by atoms with Gasteiger partial charge >= 0.3 is 0 Å². The molecule has 0 unspecified atom stereocenters. The lowest BCUT2D eigenvalue weighted by molar-refractivity contribution is -0.122. The van der Waals surface area contributed by atoms with Gasteiger partial charge in [-0.3, -0.25) is 14.3 Å². The second kappa shape index (κ2) is 6.35. The smallest absolute Gasteiger partial charge is 0.231 e. The Morgan fingerprint density at radius 3 is 2.83 bits per heavy atom. The molecule has 126 valence electrons. The van der Waals surface area contributed by atoms with Gasteiger partial charge in [0, 0.05) is 32.3 Å². The first-order valence-corrected chi connectivity index (χ1v) is 7.73. The fourth-order valence-electron chi connectivity index (χ4n) is 2.84. The average Bonchev–Trinajstić information content (AvgIpc) is 3.13. The molecule has 7 nitrogen and oxygen atoms in total. The van der Waals surface area contributed by atoms with E-state index in [-0.39, 0.29) is 18.2 Å². The minimum absolute atomic E-state index is 0.0833. The van der Waals surface area contributed by atoms with Crippen molar-refractivity contribution in [2.24, 2.45) is 13.0 Å². The highest BCUT2D eigenvalue weighted by Crippen LogP contribution is 2.34. The molecule has 0 radical (unpaired) electrons. The minimum atomic E-state index is -0.412. The Bertz CT molecular complexity index is 784. The number of aryl methyl sites for hydroxylation is 2. The number of nitrogens with one attached hydrogen (secondary N) is 1. The van der Waals surface area contributed by atoms with Crippen molar-refractivity contribution < 1.29 is 14.3 Å². The van der Waals surface area contributed by atoms with Gasteiger partial charge in [-0.05, 0) is 24.6 Å². The van der Waals surface area contributed by atoms with E-state index in [9.17, 15) is 9.59 Å². The molecule has 0 bridgehead atoms. The number of ether oxygens (including phenoxy) is 1.